The number of anilines is 1. The lowest BCUT2D eigenvalue weighted by Gasteiger charge is -2.39. The van der Waals surface area contributed by atoms with Gasteiger partial charge in [-0.2, -0.15) is 0 Å². The Morgan fingerprint density at radius 2 is 1.93 bits per heavy atom. The second kappa shape index (κ2) is 8.65. The van der Waals surface area contributed by atoms with Crippen molar-refractivity contribution in [1.82, 2.24) is 10.2 Å². The van der Waals surface area contributed by atoms with Crippen molar-refractivity contribution in [3.63, 3.8) is 0 Å². The van der Waals surface area contributed by atoms with Crippen LogP contribution >= 0.6 is 11.6 Å². The molecule has 2 N–H and O–H groups in total. The van der Waals surface area contributed by atoms with Crippen LogP contribution in [-0.2, 0) is 11.3 Å². The number of amides is 3. The molecule has 148 valence electrons. The fourth-order valence-corrected chi connectivity index (χ4v) is 3.64. The highest BCUT2D eigenvalue weighted by atomic mass is 35.5. The van der Waals surface area contributed by atoms with Crippen LogP contribution in [0.25, 0.3) is 0 Å². The molecular weight excluding hydrogens is 374 g/mol. The number of nitrogens with one attached hydrogen (secondary N) is 2. The van der Waals surface area contributed by atoms with Crippen molar-refractivity contribution in [2.45, 2.75) is 33.2 Å². The van der Waals surface area contributed by atoms with Crippen LogP contribution in [0.4, 0.5) is 10.5 Å². The van der Waals surface area contributed by atoms with Crippen LogP contribution in [-0.4, -0.2) is 29.9 Å². The maximum absolute atomic E-state index is 12.8. The van der Waals surface area contributed by atoms with Crippen LogP contribution < -0.4 is 10.6 Å². The predicted molar refractivity (Wildman–Crippen MR) is 112 cm³/mol. The third-order valence-electron chi connectivity index (χ3n) is 5.25. The van der Waals surface area contributed by atoms with Gasteiger partial charge in [0.15, 0.2) is 0 Å². The van der Waals surface area contributed by atoms with Gasteiger partial charge in [0.2, 0.25) is 5.91 Å². The smallest absolute Gasteiger partial charge is 0.321 e. The summed E-state index contributed by atoms with van der Waals surface area (Å²) in [5.74, 6) is -0.0211. The zero-order valence-electron chi connectivity index (χ0n) is 16.3. The van der Waals surface area contributed by atoms with Crippen LogP contribution in [0.15, 0.2) is 48.5 Å². The number of piperidine rings is 1. The molecule has 28 heavy (non-hydrogen) atoms. The second-order valence-electron chi connectivity index (χ2n) is 7.65. The van der Waals surface area contributed by atoms with Gasteiger partial charge >= 0.3 is 6.03 Å². The zero-order chi connectivity index (χ0) is 20.1. The number of urea groups is 1. The number of carbonyl (C=O) groups excluding carboxylic acids is 2. The highest BCUT2D eigenvalue weighted by Crippen LogP contribution is 2.30. The van der Waals surface area contributed by atoms with Gasteiger partial charge in [-0.25, -0.2) is 4.79 Å². The molecule has 0 saturated carbocycles. The number of likely N-dealkylation sites (tertiary alicyclic amines) is 1. The normalized spacial score (nSPS) is 19.2. The Balaban J connectivity index is 1.60. The van der Waals surface area contributed by atoms with E-state index in [2.05, 4.69) is 10.6 Å². The number of rotatable bonds is 4. The van der Waals surface area contributed by atoms with Crippen molar-refractivity contribution in [3.8, 4) is 0 Å². The molecule has 1 aliphatic heterocycles. The highest BCUT2D eigenvalue weighted by Gasteiger charge is 2.39. The molecule has 0 bridgehead atoms. The number of benzene rings is 2. The lowest BCUT2D eigenvalue weighted by Crippen LogP contribution is -2.52. The summed E-state index contributed by atoms with van der Waals surface area (Å²) >= 11 is 6.14. The summed E-state index contributed by atoms with van der Waals surface area (Å²) in [6.45, 7) is 5.35. The molecule has 3 rings (SSSR count). The highest BCUT2D eigenvalue weighted by molar-refractivity contribution is 6.31. The molecule has 1 aliphatic rings. The van der Waals surface area contributed by atoms with Crippen LogP contribution in [0.1, 0.15) is 30.9 Å². The number of hydrogen-bond donors (Lipinski definition) is 2. The van der Waals surface area contributed by atoms with E-state index in [0.29, 0.717) is 30.3 Å². The molecule has 0 aliphatic carbocycles. The molecule has 3 amide bonds. The third-order valence-corrected chi connectivity index (χ3v) is 5.66. The number of nitrogens with zero attached hydrogens (tertiary/aromatic N) is 1. The van der Waals surface area contributed by atoms with E-state index >= 15 is 0 Å². The van der Waals surface area contributed by atoms with Gasteiger partial charge < -0.3 is 15.5 Å². The quantitative estimate of drug-likeness (QED) is 0.789. The van der Waals surface area contributed by atoms with E-state index in [4.69, 9.17) is 11.6 Å². The number of halogens is 1. The number of aryl methyl sites for hydroxylation is 1. The largest absolute Gasteiger partial charge is 0.351 e. The summed E-state index contributed by atoms with van der Waals surface area (Å²) in [7, 11) is 0. The van der Waals surface area contributed by atoms with Gasteiger partial charge in [0.1, 0.15) is 0 Å². The van der Waals surface area contributed by atoms with Gasteiger partial charge in [-0.3, -0.25) is 4.79 Å². The summed E-state index contributed by atoms with van der Waals surface area (Å²) in [6.07, 6.45) is 1.55. The molecule has 0 radical (unpaired) electrons. The number of carbonyl (C=O) groups is 2. The van der Waals surface area contributed by atoms with Gasteiger partial charge in [0.25, 0.3) is 0 Å². The minimum absolute atomic E-state index is 0.0211. The predicted octanol–water partition coefficient (Wildman–Crippen LogP) is 4.60. The second-order valence-corrected chi connectivity index (χ2v) is 8.06. The lowest BCUT2D eigenvalue weighted by molar-refractivity contribution is -0.132. The first-order chi connectivity index (χ1) is 13.4. The SMILES string of the molecule is Cc1ccc(NC(=O)N2CCC[C@@](C)(C(=O)NCc3ccccc3)C2)cc1Cl. The monoisotopic (exact) mass is 399 g/mol. The summed E-state index contributed by atoms with van der Waals surface area (Å²) < 4.78 is 0. The lowest BCUT2D eigenvalue weighted by atomic mass is 9.81. The van der Waals surface area contributed by atoms with E-state index in [0.717, 1.165) is 24.0 Å². The molecule has 0 unspecified atom stereocenters. The van der Waals surface area contributed by atoms with Crippen LogP contribution in [0, 0.1) is 12.3 Å². The van der Waals surface area contributed by atoms with Crippen molar-refractivity contribution in [2.24, 2.45) is 5.41 Å². The van der Waals surface area contributed by atoms with E-state index in [9.17, 15) is 9.59 Å². The summed E-state index contributed by atoms with van der Waals surface area (Å²) in [4.78, 5) is 27.2. The first-order valence-electron chi connectivity index (χ1n) is 9.52. The summed E-state index contributed by atoms with van der Waals surface area (Å²) in [5, 5.41) is 6.51. The Kier molecular flexibility index (Phi) is 6.25. The summed E-state index contributed by atoms with van der Waals surface area (Å²) in [5.41, 5.74) is 2.07. The average molecular weight is 400 g/mol. The van der Waals surface area contributed by atoms with Gasteiger partial charge in [0, 0.05) is 30.3 Å². The van der Waals surface area contributed by atoms with Crippen molar-refractivity contribution in [3.05, 3.63) is 64.7 Å². The summed E-state index contributed by atoms with van der Waals surface area (Å²) in [6, 6.07) is 15.0. The molecule has 6 heteroatoms. The topological polar surface area (TPSA) is 61.4 Å². The molecule has 2 aromatic carbocycles. The van der Waals surface area contributed by atoms with Gasteiger partial charge in [0.05, 0.1) is 5.41 Å². The molecule has 0 aromatic heterocycles. The van der Waals surface area contributed by atoms with E-state index in [-0.39, 0.29) is 11.9 Å². The molecule has 0 spiro atoms. The Morgan fingerprint density at radius 1 is 1.18 bits per heavy atom. The van der Waals surface area contributed by atoms with Gasteiger partial charge in [-0.05, 0) is 49.9 Å². The molecule has 5 nitrogen and oxygen atoms in total. The van der Waals surface area contributed by atoms with Gasteiger partial charge in [-0.15, -0.1) is 0 Å². The number of hydrogen-bond acceptors (Lipinski definition) is 2. The van der Waals surface area contributed by atoms with Gasteiger partial charge in [-0.1, -0.05) is 48.0 Å². The van der Waals surface area contributed by atoms with E-state index in [1.165, 1.54) is 0 Å². The van der Waals surface area contributed by atoms with Crippen molar-refractivity contribution < 1.29 is 9.59 Å². The third kappa shape index (κ3) is 4.84. The molecule has 2 aromatic rings. The molecular formula is C22H26ClN3O2. The van der Waals surface area contributed by atoms with Crippen LogP contribution in [0.5, 0.6) is 0 Å². The zero-order valence-corrected chi connectivity index (χ0v) is 17.1. The maximum atomic E-state index is 12.8. The Morgan fingerprint density at radius 3 is 2.64 bits per heavy atom. The molecule has 1 atom stereocenters. The Labute approximate surface area is 171 Å². The Hall–Kier alpha value is -2.53. The van der Waals surface area contributed by atoms with Crippen molar-refractivity contribution in [1.29, 1.82) is 0 Å². The molecule has 1 heterocycles. The maximum Gasteiger partial charge on any atom is 0.321 e. The van der Waals surface area contributed by atoms with Crippen molar-refractivity contribution >= 4 is 29.2 Å². The first-order valence-corrected chi connectivity index (χ1v) is 9.89. The first kappa shape index (κ1) is 20.2. The van der Waals surface area contributed by atoms with E-state index in [1.807, 2.05) is 56.3 Å². The van der Waals surface area contributed by atoms with Crippen molar-refractivity contribution in [2.75, 3.05) is 18.4 Å². The standard InChI is InChI=1S/C22H26ClN3O2/c1-16-9-10-18(13-19(16)23)25-21(28)26-12-6-11-22(2,15-26)20(27)24-14-17-7-4-3-5-8-17/h3-5,7-10,13H,6,11-12,14-15H2,1-2H3,(H,24,27)(H,25,28)/t22-/m1/s1. The minimum atomic E-state index is -0.602. The fourth-order valence-electron chi connectivity index (χ4n) is 3.46. The van der Waals surface area contributed by atoms with E-state index in [1.54, 1.807) is 11.0 Å². The Bertz CT molecular complexity index is 856. The molecule has 1 fully saturated rings. The average Bonchev–Trinajstić information content (AvgIpc) is 2.69. The fraction of sp³-hybridized carbons (Fsp3) is 0.364. The van der Waals surface area contributed by atoms with Crippen LogP contribution in [0.3, 0.4) is 0 Å². The van der Waals surface area contributed by atoms with Crippen LogP contribution in [0.2, 0.25) is 5.02 Å². The molecule has 1 saturated heterocycles. The van der Waals surface area contributed by atoms with E-state index < -0.39 is 5.41 Å². The minimum Gasteiger partial charge on any atom is -0.351 e.